The fourth-order valence-electron chi connectivity index (χ4n) is 2.94. The topological polar surface area (TPSA) is 26.3 Å². The van der Waals surface area contributed by atoms with Gasteiger partial charge < -0.3 is 4.74 Å². The van der Waals surface area contributed by atoms with Crippen molar-refractivity contribution in [2.75, 3.05) is 6.61 Å². The molecule has 3 heteroatoms. The zero-order valence-electron chi connectivity index (χ0n) is 13.1. The van der Waals surface area contributed by atoms with Crippen molar-refractivity contribution in [3.8, 4) is 0 Å². The van der Waals surface area contributed by atoms with Crippen molar-refractivity contribution in [3.05, 3.63) is 108 Å². The van der Waals surface area contributed by atoms with Crippen LogP contribution in [0.4, 0.5) is 0 Å². The number of hydrogen-bond donors (Lipinski definition) is 1. The van der Waals surface area contributed by atoms with Gasteiger partial charge in [0.2, 0.25) is 5.12 Å². The first-order valence-corrected chi connectivity index (χ1v) is 8.20. The van der Waals surface area contributed by atoms with Gasteiger partial charge in [0.25, 0.3) is 0 Å². The van der Waals surface area contributed by atoms with Crippen LogP contribution in [0.15, 0.2) is 91.0 Å². The van der Waals surface area contributed by atoms with Gasteiger partial charge >= 0.3 is 0 Å². The zero-order valence-corrected chi connectivity index (χ0v) is 14.0. The van der Waals surface area contributed by atoms with Crippen molar-refractivity contribution >= 4 is 17.7 Å². The first-order valence-electron chi connectivity index (χ1n) is 7.76. The van der Waals surface area contributed by atoms with Crippen LogP contribution in [-0.2, 0) is 15.1 Å². The summed E-state index contributed by atoms with van der Waals surface area (Å²) in [4.78, 5) is 11.5. The van der Waals surface area contributed by atoms with Crippen LogP contribution < -0.4 is 0 Å². The maximum atomic E-state index is 11.5. The molecule has 0 saturated heterocycles. The van der Waals surface area contributed by atoms with E-state index in [9.17, 15) is 4.79 Å². The van der Waals surface area contributed by atoms with Crippen molar-refractivity contribution in [3.63, 3.8) is 0 Å². The van der Waals surface area contributed by atoms with Crippen molar-refractivity contribution in [2.24, 2.45) is 0 Å². The lowest BCUT2D eigenvalue weighted by atomic mass is 9.80. The number of benzene rings is 3. The number of carbonyl (C=O) groups is 1. The van der Waals surface area contributed by atoms with Gasteiger partial charge in [-0.05, 0) is 16.7 Å². The fourth-order valence-corrected chi connectivity index (χ4v) is 3.00. The Morgan fingerprint density at radius 3 is 1.33 bits per heavy atom. The van der Waals surface area contributed by atoms with Crippen LogP contribution in [-0.4, -0.2) is 11.7 Å². The van der Waals surface area contributed by atoms with Crippen molar-refractivity contribution < 1.29 is 9.53 Å². The Morgan fingerprint density at radius 2 is 1.04 bits per heavy atom. The van der Waals surface area contributed by atoms with E-state index in [0.717, 1.165) is 16.7 Å². The summed E-state index contributed by atoms with van der Waals surface area (Å²) in [5.74, 6) is 0. The average molecular weight is 334 g/mol. The second-order valence-electron chi connectivity index (χ2n) is 5.46. The number of ether oxygens (including phenoxy) is 1. The van der Waals surface area contributed by atoms with Gasteiger partial charge in [-0.1, -0.05) is 91.0 Å². The van der Waals surface area contributed by atoms with Gasteiger partial charge in [0.15, 0.2) is 0 Å². The summed E-state index contributed by atoms with van der Waals surface area (Å²) in [5, 5.41) is -0.304. The molecule has 0 saturated carbocycles. The molecule has 0 bridgehead atoms. The van der Waals surface area contributed by atoms with Gasteiger partial charge in [0.1, 0.15) is 12.2 Å². The molecule has 0 aromatic heterocycles. The molecule has 0 aliphatic rings. The lowest BCUT2D eigenvalue weighted by Gasteiger charge is -2.35. The molecular weight excluding hydrogens is 316 g/mol. The Hall–Kier alpha value is -2.36. The van der Waals surface area contributed by atoms with E-state index in [-0.39, 0.29) is 11.7 Å². The van der Waals surface area contributed by atoms with Crippen LogP contribution in [0.5, 0.6) is 0 Å². The molecule has 0 aliphatic heterocycles. The highest BCUT2D eigenvalue weighted by molar-refractivity contribution is 7.96. The summed E-state index contributed by atoms with van der Waals surface area (Å²) >= 11 is 3.88. The predicted octanol–water partition coefficient (Wildman–Crippen LogP) is 4.45. The molecule has 0 amide bonds. The third-order valence-electron chi connectivity index (χ3n) is 3.95. The molecule has 0 fully saturated rings. The minimum absolute atomic E-state index is 0.0816. The van der Waals surface area contributed by atoms with E-state index in [1.165, 1.54) is 0 Å². The maximum absolute atomic E-state index is 11.5. The molecule has 2 nitrogen and oxygen atoms in total. The van der Waals surface area contributed by atoms with Crippen molar-refractivity contribution in [2.45, 2.75) is 5.60 Å². The smallest absolute Gasteiger partial charge is 0.211 e. The molecular formula is C21H18O2S. The SMILES string of the molecule is O=C(S)COC(c1ccccc1)(c1ccccc1)c1ccccc1. The quantitative estimate of drug-likeness (QED) is 0.532. The predicted molar refractivity (Wildman–Crippen MR) is 99.2 cm³/mol. The molecule has 0 heterocycles. The first-order chi connectivity index (χ1) is 11.7. The summed E-state index contributed by atoms with van der Waals surface area (Å²) < 4.78 is 6.22. The minimum atomic E-state index is -0.859. The summed E-state index contributed by atoms with van der Waals surface area (Å²) in [5.41, 5.74) is 2.05. The zero-order chi connectivity index (χ0) is 16.8. The second-order valence-corrected chi connectivity index (χ2v) is 5.96. The Kier molecular flexibility index (Phi) is 5.14. The number of thiol groups is 1. The average Bonchev–Trinajstić information content (AvgIpc) is 2.65. The number of hydrogen-bond acceptors (Lipinski definition) is 2. The Balaban J connectivity index is 2.26. The number of carbonyl (C=O) groups excluding carboxylic acids is 1. The molecule has 0 unspecified atom stereocenters. The summed E-state index contributed by atoms with van der Waals surface area (Å²) in [6.07, 6.45) is 0. The van der Waals surface area contributed by atoms with E-state index in [4.69, 9.17) is 4.74 Å². The van der Waals surface area contributed by atoms with E-state index in [1.54, 1.807) is 0 Å². The van der Waals surface area contributed by atoms with E-state index in [2.05, 4.69) is 12.6 Å². The van der Waals surface area contributed by atoms with Crippen LogP contribution in [0.1, 0.15) is 16.7 Å². The van der Waals surface area contributed by atoms with E-state index in [1.807, 2.05) is 91.0 Å². The molecule has 120 valence electrons. The molecule has 3 rings (SSSR count). The second kappa shape index (κ2) is 7.47. The van der Waals surface area contributed by atoms with E-state index in [0.29, 0.717) is 0 Å². The van der Waals surface area contributed by atoms with Gasteiger partial charge in [0.05, 0.1) is 0 Å². The molecule has 0 atom stereocenters. The molecule has 0 aliphatic carbocycles. The summed E-state index contributed by atoms with van der Waals surface area (Å²) in [6, 6.07) is 29.8. The van der Waals surface area contributed by atoms with Crippen LogP contribution >= 0.6 is 12.6 Å². The van der Waals surface area contributed by atoms with Gasteiger partial charge in [-0.15, -0.1) is 12.6 Å². The fraction of sp³-hybridized carbons (Fsp3) is 0.0952. The van der Waals surface area contributed by atoms with Crippen molar-refractivity contribution in [1.29, 1.82) is 0 Å². The normalized spacial score (nSPS) is 11.2. The summed E-state index contributed by atoms with van der Waals surface area (Å²) in [7, 11) is 0. The lowest BCUT2D eigenvalue weighted by molar-refractivity contribution is -0.118. The van der Waals surface area contributed by atoms with Crippen LogP contribution in [0, 0.1) is 0 Å². The van der Waals surface area contributed by atoms with Gasteiger partial charge in [-0.2, -0.15) is 0 Å². The third kappa shape index (κ3) is 3.28. The molecule has 24 heavy (non-hydrogen) atoms. The highest BCUT2D eigenvalue weighted by atomic mass is 32.1. The summed E-state index contributed by atoms with van der Waals surface area (Å²) in [6.45, 7) is -0.0816. The van der Waals surface area contributed by atoms with Gasteiger partial charge in [0, 0.05) is 0 Å². The standard InChI is InChI=1S/C21H18O2S/c22-20(24)16-23-21(17-10-4-1-5-11-17,18-12-6-2-7-13-18)19-14-8-3-9-15-19/h1-15H,16H2,(H,22,24). The minimum Gasteiger partial charge on any atom is -0.352 e. The highest BCUT2D eigenvalue weighted by Gasteiger charge is 2.37. The molecule has 3 aromatic carbocycles. The van der Waals surface area contributed by atoms with E-state index < -0.39 is 5.60 Å². The van der Waals surface area contributed by atoms with Gasteiger partial charge in [-0.25, -0.2) is 0 Å². The van der Waals surface area contributed by atoms with Crippen LogP contribution in [0.3, 0.4) is 0 Å². The molecule has 3 aromatic rings. The Labute approximate surface area is 147 Å². The van der Waals surface area contributed by atoms with Crippen LogP contribution in [0.2, 0.25) is 0 Å². The Morgan fingerprint density at radius 1 is 0.708 bits per heavy atom. The van der Waals surface area contributed by atoms with Crippen molar-refractivity contribution in [1.82, 2.24) is 0 Å². The first kappa shape index (κ1) is 16.5. The Bertz CT molecular complexity index is 689. The largest absolute Gasteiger partial charge is 0.352 e. The monoisotopic (exact) mass is 334 g/mol. The van der Waals surface area contributed by atoms with E-state index >= 15 is 0 Å². The third-order valence-corrected chi connectivity index (χ3v) is 4.08. The van der Waals surface area contributed by atoms with Crippen LogP contribution in [0.25, 0.3) is 0 Å². The number of rotatable bonds is 6. The maximum Gasteiger partial charge on any atom is 0.211 e. The molecule has 0 N–H and O–H groups in total. The highest BCUT2D eigenvalue weighted by Crippen LogP contribution is 2.40. The lowest BCUT2D eigenvalue weighted by Crippen LogP contribution is -2.34. The molecule has 0 spiro atoms. The van der Waals surface area contributed by atoms with Gasteiger partial charge in [-0.3, -0.25) is 4.79 Å². The molecule has 0 radical (unpaired) electrons.